The van der Waals surface area contributed by atoms with Gasteiger partial charge in [0.1, 0.15) is 11.5 Å². The molecule has 0 saturated heterocycles. The fourth-order valence-electron chi connectivity index (χ4n) is 2.57. The first-order chi connectivity index (χ1) is 13.7. The third-order valence-corrected chi connectivity index (χ3v) is 4.34. The van der Waals surface area contributed by atoms with Gasteiger partial charge in [0.15, 0.2) is 0 Å². The van der Waals surface area contributed by atoms with Crippen LogP contribution >= 0.6 is 11.6 Å². The first-order valence-corrected chi connectivity index (χ1v) is 8.77. The molecule has 1 amide bonds. The maximum atomic E-state index is 13.7. The van der Waals surface area contributed by atoms with Crippen LogP contribution in [-0.2, 0) is 10.4 Å². The number of anilines is 1. The van der Waals surface area contributed by atoms with Crippen LogP contribution in [0.4, 0.5) is 18.9 Å². The highest BCUT2D eigenvalue weighted by Gasteiger charge is 2.60. The number of hydrogen-bond donors (Lipinski definition) is 2. The molecule has 3 aromatic carbocycles. The molecule has 29 heavy (non-hydrogen) atoms. The zero-order chi connectivity index (χ0) is 21.1. The van der Waals surface area contributed by atoms with Crippen LogP contribution in [0.25, 0.3) is 0 Å². The fraction of sp³-hybridized carbons (Fsp3) is 0.0952. The Bertz CT molecular complexity index is 977. The highest BCUT2D eigenvalue weighted by molar-refractivity contribution is 6.30. The van der Waals surface area contributed by atoms with Gasteiger partial charge in [-0.2, -0.15) is 13.2 Å². The summed E-state index contributed by atoms with van der Waals surface area (Å²) in [6.07, 6.45) is -5.26. The first-order valence-electron chi connectivity index (χ1n) is 8.40. The quantitative estimate of drug-likeness (QED) is 0.570. The molecule has 0 aromatic heterocycles. The van der Waals surface area contributed by atoms with Crippen LogP contribution in [0.15, 0.2) is 78.9 Å². The Hall–Kier alpha value is -3.03. The van der Waals surface area contributed by atoms with E-state index in [1.54, 1.807) is 30.3 Å². The van der Waals surface area contributed by atoms with Crippen molar-refractivity contribution in [3.8, 4) is 11.5 Å². The van der Waals surface area contributed by atoms with Crippen molar-refractivity contribution in [3.63, 3.8) is 0 Å². The van der Waals surface area contributed by atoms with Gasteiger partial charge in [-0.25, -0.2) is 0 Å². The predicted octanol–water partition coefficient (Wildman–Crippen LogP) is 5.52. The number of amides is 1. The summed E-state index contributed by atoms with van der Waals surface area (Å²) >= 11 is 5.73. The molecular weight excluding hydrogens is 407 g/mol. The van der Waals surface area contributed by atoms with Gasteiger partial charge in [0, 0.05) is 16.3 Å². The summed E-state index contributed by atoms with van der Waals surface area (Å²) in [5.74, 6) is -0.890. The van der Waals surface area contributed by atoms with Gasteiger partial charge in [-0.1, -0.05) is 41.9 Å². The highest BCUT2D eigenvalue weighted by Crippen LogP contribution is 2.40. The zero-order valence-electron chi connectivity index (χ0n) is 14.8. The zero-order valence-corrected chi connectivity index (χ0v) is 15.5. The molecule has 0 heterocycles. The Morgan fingerprint density at radius 1 is 0.862 bits per heavy atom. The van der Waals surface area contributed by atoms with E-state index in [4.69, 9.17) is 16.3 Å². The number of rotatable bonds is 5. The third kappa shape index (κ3) is 4.52. The maximum absolute atomic E-state index is 13.7. The molecule has 0 spiro atoms. The van der Waals surface area contributed by atoms with Crippen LogP contribution in [0.5, 0.6) is 11.5 Å². The van der Waals surface area contributed by atoms with E-state index in [2.05, 4.69) is 5.32 Å². The Morgan fingerprint density at radius 2 is 1.41 bits per heavy atom. The molecule has 0 aliphatic rings. The first kappa shape index (κ1) is 20.7. The predicted molar refractivity (Wildman–Crippen MR) is 103 cm³/mol. The number of nitrogens with one attached hydrogen (secondary N) is 1. The van der Waals surface area contributed by atoms with Gasteiger partial charge in [0.05, 0.1) is 0 Å². The lowest BCUT2D eigenvalue weighted by molar-refractivity contribution is -0.254. The second-order valence-electron chi connectivity index (χ2n) is 6.11. The number of carbonyl (C=O) groups is 1. The van der Waals surface area contributed by atoms with E-state index in [0.29, 0.717) is 10.8 Å². The van der Waals surface area contributed by atoms with Crippen LogP contribution in [0.3, 0.4) is 0 Å². The van der Waals surface area contributed by atoms with Crippen LogP contribution in [0.1, 0.15) is 5.56 Å². The van der Waals surface area contributed by atoms with Crippen molar-refractivity contribution in [2.24, 2.45) is 0 Å². The Morgan fingerprint density at radius 3 is 1.97 bits per heavy atom. The molecule has 3 aromatic rings. The molecule has 1 unspecified atom stereocenters. The summed E-state index contributed by atoms with van der Waals surface area (Å²) in [5, 5.41) is 12.8. The molecule has 2 N–H and O–H groups in total. The SMILES string of the molecule is O=C(Nc1ccc(Cl)cc1)C(O)(c1ccc(Oc2ccccc2)cc1)C(F)(F)F. The molecule has 0 saturated carbocycles. The second-order valence-corrected chi connectivity index (χ2v) is 6.55. The number of halogens is 4. The topological polar surface area (TPSA) is 58.6 Å². The molecule has 4 nitrogen and oxygen atoms in total. The second kappa shape index (κ2) is 8.14. The van der Waals surface area contributed by atoms with Crippen LogP contribution < -0.4 is 10.1 Å². The number of carbonyl (C=O) groups excluding carboxylic acids is 1. The molecule has 1 atom stereocenters. The average molecular weight is 422 g/mol. The molecule has 0 fully saturated rings. The van der Waals surface area contributed by atoms with Gasteiger partial charge in [0.25, 0.3) is 11.5 Å². The van der Waals surface area contributed by atoms with Crippen molar-refractivity contribution in [3.05, 3.63) is 89.4 Å². The summed E-state index contributed by atoms with van der Waals surface area (Å²) in [6.45, 7) is 0. The van der Waals surface area contributed by atoms with Crippen molar-refractivity contribution in [1.29, 1.82) is 0 Å². The van der Waals surface area contributed by atoms with Gasteiger partial charge < -0.3 is 15.2 Å². The molecule has 0 bridgehead atoms. The minimum atomic E-state index is -5.26. The standard InChI is InChI=1S/C21H15ClF3NO3/c22-15-8-10-16(11-9-15)26-19(27)20(28,21(23,24)25)14-6-12-18(13-7-14)29-17-4-2-1-3-5-17/h1-13,28H,(H,26,27). The molecule has 8 heteroatoms. The third-order valence-electron chi connectivity index (χ3n) is 4.09. The van der Waals surface area contributed by atoms with E-state index in [9.17, 15) is 23.1 Å². The van der Waals surface area contributed by atoms with Crippen LogP contribution in [0, 0.1) is 0 Å². The van der Waals surface area contributed by atoms with Gasteiger partial charge in [-0.15, -0.1) is 0 Å². The minimum Gasteiger partial charge on any atom is -0.457 e. The smallest absolute Gasteiger partial charge is 0.430 e. The van der Waals surface area contributed by atoms with Crippen LogP contribution in [0.2, 0.25) is 5.02 Å². The number of aliphatic hydroxyl groups is 1. The number of alkyl halides is 3. The summed E-state index contributed by atoms with van der Waals surface area (Å²) in [5.41, 5.74) is -4.33. The monoisotopic (exact) mass is 421 g/mol. The normalized spacial score (nSPS) is 13.4. The van der Waals surface area contributed by atoms with Crippen molar-refractivity contribution >= 4 is 23.2 Å². The fourth-order valence-corrected chi connectivity index (χ4v) is 2.69. The number of benzene rings is 3. The minimum absolute atomic E-state index is 0.0612. The average Bonchev–Trinajstić information content (AvgIpc) is 2.69. The van der Waals surface area contributed by atoms with E-state index < -0.39 is 23.2 Å². The summed E-state index contributed by atoms with van der Waals surface area (Å²) < 4.78 is 46.6. The summed E-state index contributed by atoms with van der Waals surface area (Å²) in [4.78, 5) is 12.4. The highest BCUT2D eigenvalue weighted by atomic mass is 35.5. The largest absolute Gasteiger partial charge is 0.457 e. The van der Waals surface area contributed by atoms with Gasteiger partial charge in [-0.3, -0.25) is 4.79 Å². The molecule has 150 valence electrons. The summed E-state index contributed by atoms with van der Waals surface area (Å²) in [7, 11) is 0. The van der Waals surface area contributed by atoms with Crippen molar-refractivity contribution < 1.29 is 27.8 Å². The van der Waals surface area contributed by atoms with E-state index in [0.717, 1.165) is 12.1 Å². The summed E-state index contributed by atoms with van der Waals surface area (Å²) in [6, 6.07) is 18.6. The van der Waals surface area contributed by atoms with E-state index in [1.807, 2.05) is 0 Å². The van der Waals surface area contributed by atoms with E-state index in [-0.39, 0.29) is 11.4 Å². The maximum Gasteiger partial charge on any atom is 0.430 e. The van der Waals surface area contributed by atoms with Gasteiger partial charge >= 0.3 is 6.18 Å². The van der Waals surface area contributed by atoms with Crippen LogP contribution in [-0.4, -0.2) is 17.2 Å². The lowest BCUT2D eigenvalue weighted by atomic mass is 9.91. The molecule has 0 aliphatic carbocycles. The van der Waals surface area contributed by atoms with E-state index >= 15 is 0 Å². The van der Waals surface area contributed by atoms with Crippen molar-refractivity contribution in [1.82, 2.24) is 0 Å². The molecular formula is C21H15ClF3NO3. The molecule has 3 rings (SSSR count). The van der Waals surface area contributed by atoms with Gasteiger partial charge in [0.2, 0.25) is 0 Å². The Balaban J connectivity index is 1.87. The number of ether oxygens (including phenoxy) is 1. The lowest BCUT2D eigenvalue weighted by Gasteiger charge is -2.29. The van der Waals surface area contributed by atoms with Crippen molar-refractivity contribution in [2.45, 2.75) is 11.8 Å². The lowest BCUT2D eigenvalue weighted by Crippen LogP contribution is -2.52. The Kier molecular flexibility index (Phi) is 5.81. The molecule has 0 aliphatic heterocycles. The number of para-hydroxylation sites is 1. The van der Waals surface area contributed by atoms with Gasteiger partial charge in [-0.05, 0) is 48.5 Å². The van der Waals surface area contributed by atoms with E-state index in [1.165, 1.54) is 36.4 Å². The number of hydrogen-bond acceptors (Lipinski definition) is 3. The Labute approximate surface area is 169 Å². The van der Waals surface area contributed by atoms with Crippen molar-refractivity contribution in [2.75, 3.05) is 5.32 Å². The molecule has 0 radical (unpaired) electrons.